The van der Waals surface area contributed by atoms with Crippen molar-refractivity contribution in [2.45, 2.75) is 25.9 Å². The number of carbonyl (C=O) groups is 1. The van der Waals surface area contributed by atoms with Crippen LogP contribution < -0.4 is 10.1 Å². The molecule has 37 heavy (non-hydrogen) atoms. The highest BCUT2D eigenvalue weighted by atomic mass is 16.5. The first kappa shape index (κ1) is 24.1. The minimum atomic E-state index is -0.0338. The van der Waals surface area contributed by atoms with Gasteiger partial charge in [-0.25, -0.2) is 9.97 Å². The van der Waals surface area contributed by atoms with Crippen LogP contribution in [0.2, 0.25) is 0 Å². The second-order valence-electron chi connectivity index (χ2n) is 8.84. The Balaban J connectivity index is 1.36. The number of anilines is 2. The van der Waals surface area contributed by atoms with Crippen molar-refractivity contribution in [1.82, 2.24) is 29.4 Å². The highest BCUT2D eigenvalue weighted by molar-refractivity contribution is 5.94. The molecule has 1 aliphatic heterocycles. The van der Waals surface area contributed by atoms with Gasteiger partial charge in [-0.1, -0.05) is 6.57 Å². The molecule has 5 heterocycles. The van der Waals surface area contributed by atoms with Gasteiger partial charge < -0.3 is 29.1 Å². The molecule has 4 aromatic heterocycles. The average molecular weight is 499 g/mol. The number of aryl methyl sites for hydroxylation is 2. The number of nitrogens with one attached hydrogen (secondary N) is 1. The fourth-order valence-electron chi connectivity index (χ4n) is 4.24. The molecule has 0 unspecified atom stereocenters. The molecular weight excluding hydrogens is 472 g/mol. The highest BCUT2D eigenvalue weighted by Crippen LogP contribution is 2.31. The molecule has 0 spiro atoms. The van der Waals surface area contributed by atoms with Gasteiger partial charge in [0.1, 0.15) is 11.3 Å². The van der Waals surface area contributed by atoms with Gasteiger partial charge in [-0.2, -0.15) is 4.98 Å². The molecule has 11 nitrogen and oxygen atoms in total. The van der Waals surface area contributed by atoms with Crippen LogP contribution in [0.1, 0.15) is 28.8 Å². The molecule has 1 saturated heterocycles. The maximum absolute atomic E-state index is 12.9. The first-order valence-electron chi connectivity index (χ1n) is 11.8. The van der Waals surface area contributed by atoms with Crippen LogP contribution in [0.15, 0.2) is 43.0 Å². The predicted octanol–water partition coefficient (Wildman–Crippen LogP) is 4.40. The summed E-state index contributed by atoms with van der Waals surface area (Å²) < 4.78 is 13.2. The van der Waals surface area contributed by atoms with E-state index in [-0.39, 0.29) is 12.0 Å². The molecule has 1 fully saturated rings. The van der Waals surface area contributed by atoms with Gasteiger partial charge in [0, 0.05) is 39.5 Å². The Hall–Kier alpha value is -4.56. The van der Waals surface area contributed by atoms with Crippen molar-refractivity contribution in [3.05, 3.63) is 65.5 Å². The van der Waals surface area contributed by atoms with Crippen LogP contribution in [0.4, 0.5) is 17.3 Å². The van der Waals surface area contributed by atoms with Crippen molar-refractivity contribution >= 4 is 34.4 Å². The third-order valence-electron chi connectivity index (χ3n) is 6.36. The Morgan fingerprint density at radius 1 is 1.16 bits per heavy atom. The molecule has 4 aromatic rings. The van der Waals surface area contributed by atoms with Crippen molar-refractivity contribution in [2.75, 3.05) is 25.5 Å². The summed E-state index contributed by atoms with van der Waals surface area (Å²) in [7, 11) is 3.56. The van der Waals surface area contributed by atoms with Gasteiger partial charge in [-0.05, 0) is 43.5 Å². The normalized spacial score (nSPS) is 13.9. The van der Waals surface area contributed by atoms with Crippen molar-refractivity contribution in [3.63, 3.8) is 0 Å². The van der Waals surface area contributed by atoms with Gasteiger partial charge in [-0.15, -0.1) is 4.98 Å². The number of rotatable bonds is 6. The van der Waals surface area contributed by atoms with Gasteiger partial charge in [0.15, 0.2) is 17.6 Å². The molecule has 1 amide bonds. The van der Waals surface area contributed by atoms with E-state index in [1.54, 1.807) is 48.5 Å². The molecule has 0 bridgehead atoms. The van der Waals surface area contributed by atoms with Crippen molar-refractivity contribution < 1.29 is 14.3 Å². The smallest absolute Gasteiger partial charge is 0.269 e. The topological polar surface area (TPSA) is 112 Å². The summed E-state index contributed by atoms with van der Waals surface area (Å²) in [6, 6.07) is 6.93. The third kappa shape index (κ3) is 5.05. The number of hydrogen-bond acceptors (Lipinski definition) is 8. The number of aromatic nitrogens is 5. The summed E-state index contributed by atoms with van der Waals surface area (Å²) in [4.78, 5) is 35.7. The third-order valence-corrected chi connectivity index (χ3v) is 6.36. The van der Waals surface area contributed by atoms with Crippen LogP contribution in [0.5, 0.6) is 11.6 Å². The van der Waals surface area contributed by atoms with Gasteiger partial charge in [-0.3, -0.25) is 4.79 Å². The maximum Gasteiger partial charge on any atom is 0.269 e. The summed E-state index contributed by atoms with van der Waals surface area (Å²) in [5.74, 6) is 1.66. The minimum Gasteiger partial charge on any atom is -0.435 e. The zero-order valence-corrected chi connectivity index (χ0v) is 20.8. The monoisotopic (exact) mass is 498 g/mol. The maximum atomic E-state index is 12.9. The van der Waals surface area contributed by atoms with Crippen LogP contribution >= 0.6 is 0 Å². The number of nitrogens with zero attached hydrogens (tertiary/aromatic N) is 7. The summed E-state index contributed by atoms with van der Waals surface area (Å²) in [5.41, 5.74) is 3.23. The van der Waals surface area contributed by atoms with Crippen molar-refractivity contribution in [2.24, 2.45) is 7.05 Å². The van der Waals surface area contributed by atoms with Crippen LogP contribution in [0, 0.1) is 13.5 Å². The van der Waals surface area contributed by atoms with Crippen LogP contribution in [0.25, 0.3) is 16.0 Å². The Bertz CT molecular complexity index is 1480. The van der Waals surface area contributed by atoms with E-state index >= 15 is 0 Å². The van der Waals surface area contributed by atoms with E-state index < -0.39 is 0 Å². The van der Waals surface area contributed by atoms with E-state index in [1.807, 2.05) is 18.9 Å². The number of imidazole rings is 1. The van der Waals surface area contributed by atoms with Crippen LogP contribution in [0.3, 0.4) is 0 Å². The van der Waals surface area contributed by atoms with E-state index in [4.69, 9.17) is 16.0 Å². The van der Waals surface area contributed by atoms with Gasteiger partial charge in [0.05, 0.1) is 23.7 Å². The van der Waals surface area contributed by atoms with Crippen molar-refractivity contribution in [1.29, 1.82) is 0 Å². The molecule has 1 N–H and O–H groups in total. The fourth-order valence-corrected chi connectivity index (χ4v) is 4.24. The largest absolute Gasteiger partial charge is 0.435 e. The lowest BCUT2D eigenvalue weighted by Gasteiger charge is -2.31. The Kier molecular flexibility index (Phi) is 6.66. The van der Waals surface area contributed by atoms with E-state index in [1.165, 1.54) is 6.20 Å². The molecule has 0 aliphatic carbocycles. The average Bonchev–Trinajstić information content (AvgIpc) is 3.30. The first-order valence-corrected chi connectivity index (χ1v) is 11.8. The molecule has 5 rings (SSSR count). The summed E-state index contributed by atoms with van der Waals surface area (Å²) >= 11 is 0. The predicted molar refractivity (Wildman–Crippen MR) is 137 cm³/mol. The van der Waals surface area contributed by atoms with Crippen LogP contribution in [-0.4, -0.2) is 61.6 Å². The molecule has 11 heteroatoms. The van der Waals surface area contributed by atoms with E-state index in [9.17, 15) is 4.79 Å². The van der Waals surface area contributed by atoms with Crippen molar-refractivity contribution in [3.8, 4) is 11.6 Å². The van der Waals surface area contributed by atoms with Crippen LogP contribution in [-0.2, 0) is 11.8 Å². The molecule has 0 aromatic carbocycles. The molecule has 188 valence electrons. The quantitative estimate of drug-likeness (QED) is 0.389. The Morgan fingerprint density at radius 3 is 2.65 bits per heavy atom. The lowest BCUT2D eigenvalue weighted by atomic mass is 10.1. The molecule has 0 radical (unpaired) electrons. The van der Waals surface area contributed by atoms with E-state index in [0.717, 1.165) is 18.4 Å². The summed E-state index contributed by atoms with van der Waals surface area (Å²) in [5, 5.41) is 3.27. The summed E-state index contributed by atoms with van der Waals surface area (Å²) in [6.07, 6.45) is 6.65. The zero-order valence-electron chi connectivity index (χ0n) is 20.8. The second kappa shape index (κ2) is 10.2. The Morgan fingerprint density at radius 2 is 1.97 bits per heavy atom. The first-order chi connectivity index (χ1) is 17.9. The lowest BCUT2D eigenvalue weighted by molar-refractivity contribution is 0.0350. The molecule has 0 saturated carbocycles. The number of piperidine rings is 1. The highest BCUT2D eigenvalue weighted by Gasteiger charge is 2.23. The number of pyridine rings is 3. The molecule has 0 atom stereocenters. The fraction of sp³-hybridized carbons (Fsp3) is 0.308. The summed E-state index contributed by atoms with van der Waals surface area (Å²) in [6.45, 7) is 10.3. The number of ether oxygens (including phenoxy) is 2. The number of methoxy groups -OCH3 is 1. The molecule has 1 aliphatic rings. The van der Waals surface area contributed by atoms with Gasteiger partial charge in [0.2, 0.25) is 5.88 Å². The zero-order chi connectivity index (χ0) is 25.9. The van der Waals surface area contributed by atoms with E-state index in [0.29, 0.717) is 58.8 Å². The number of hydrogen-bond donors (Lipinski definition) is 1. The minimum absolute atomic E-state index is 0.0338. The number of carbonyl (C=O) groups excluding carboxylic acids is 1. The number of likely N-dealkylation sites (tertiary alicyclic amines) is 1. The standard InChI is InChI=1S/C26H26N8O3/c1-16-11-22(27-2)29-14-20(16)37-23-12-19(24-25(32-23)33(3)15-30-24)31-21-6-5-17(13-28-21)26(35)34-9-7-18(36-4)8-10-34/h5-6,11-15,18H,7-10H2,1,3-4H3,(H,28,31,32). The Labute approximate surface area is 213 Å². The number of fused-ring (bicyclic) bond motifs is 1. The van der Waals surface area contributed by atoms with Gasteiger partial charge in [0.25, 0.3) is 11.7 Å². The van der Waals surface area contributed by atoms with E-state index in [2.05, 4.69) is 30.1 Å². The lowest BCUT2D eigenvalue weighted by Crippen LogP contribution is -2.40. The second-order valence-corrected chi connectivity index (χ2v) is 8.84. The SMILES string of the molecule is [C-]#[N+]c1cc(C)c(Oc2cc(Nc3ccc(C(=O)N4CCC(OC)CC4)cn3)c3ncn(C)c3n2)cn1. The molecular formula is C26H26N8O3. The number of amides is 1. The van der Waals surface area contributed by atoms with Gasteiger partial charge >= 0.3 is 0 Å².